The van der Waals surface area contributed by atoms with Gasteiger partial charge in [-0.05, 0) is 38.4 Å². The molecule has 0 saturated carbocycles. The van der Waals surface area contributed by atoms with Crippen molar-refractivity contribution in [3.8, 4) is 28.7 Å². The minimum absolute atomic E-state index is 0.0203. The van der Waals surface area contributed by atoms with Gasteiger partial charge in [0.2, 0.25) is 12.6 Å². The van der Waals surface area contributed by atoms with Crippen LogP contribution in [0.5, 0.6) is 28.7 Å². The summed E-state index contributed by atoms with van der Waals surface area (Å²) in [6.45, 7) is 4.63. The smallest absolute Gasteiger partial charge is 0.375 e. The summed E-state index contributed by atoms with van der Waals surface area (Å²) in [5, 5.41) is 23.2. The molecule has 0 spiro atoms. The van der Waals surface area contributed by atoms with Crippen molar-refractivity contribution in [1.82, 2.24) is 9.80 Å². The van der Waals surface area contributed by atoms with E-state index in [0.717, 1.165) is 11.1 Å². The van der Waals surface area contributed by atoms with Gasteiger partial charge in [-0.2, -0.15) is 0 Å². The van der Waals surface area contributed by atoms with Crippen LogP contribution in [0.25, 0.3) is 0 Å². The SMILES string of the molecule is COc1c(C)cc2c(c1O)C1[C@@H]3[C@@H]4SCC(=O)C(=O)OC[C@@H](c5c6c(c(C)c(OC(C)=O)c54)OCO6)N3[C@@H](O)C(C2)N1C. The van der Waals surface area contributed by atoms with Gasteiger partial charge in [-0.3, -0.25) is 19.4 Å². The Morgan fingerprint density at radius 2 is 1.84 bits per heavy atom. The summed E-state index contributed by atoms with van der Waals surface area (Å²) in [5.41, 5.74) is 4.10. The van der Waals surface area contributed by atoms with E-state index in [1.165, 1.54) is 25.8 Å². The quantitative estimate of drug-likeness (QED) is 0.291. The number of ether oxygens (including phenoxy) is 5. The second-order valence-electron chi connectivity index (χ2n) is 11.6. The molecule has 2 saturated heterocycles. The molecule has 2 unspecified atom stereocenters. The van der Waals surface area contributed by atoms with Crippen LogP contribution in [-0.2, 0) is 25.5 Å². The lowest BCUT2D eigenvalue weighted by Crippen LogP contribution is -2.69. The molecule has 2 fully saturated rings. The Morgan fingerprint density at radius 1 is 1.09 bits per heavy atom. The van der Waals surface area contributed by atoms with Crippen molar-refractivity contribution in [2.24, 2.45) is 0 Å². The van der Waals surface area contributed by atoms with E-state index in [-0.39, 0.29) is 36.7 Å². The molecule has 2 N–H and O–H groups in total. The van der Waals surface area contributed by atoms with Crippen molar-refractivity contribution in [1.29, 1.82) is 0 Å². The first-order valence-electron chi connectivity index (χ1n) is 14.1. The molecule has 0 aromatic heterocycles. The number of aryl methyl sites for hydroxylation is 1. The van der Waals surface area contributed by atoms with E-state index in [4.69, 9.17) is 23.7 Å². The van der Waals surface area contributed by atoms with Crippen LogP contribution < -0.4 is 18.9 Å². The number of phenols is 1. The normalized spacial score (nSPS) is 29.3. The Bertz CT molecular complexity index is 1590. The molecule has 5 aliphatic rings. The van der Waals surface area contributed by atoms with Crippen LogP contribution >= 0.6 is 11.8 Å². The third-order valence-electron chi connectivity index (χ3n) is 9.37. The minimum Gasteiger partial charge on any atom is -0.504 e. The van der Waals surface area contributed by atoms with Crippen molar-refractivity contribution in [3.05, 3.63) is 39.4 Å². The topological polar surface area (TPSA) is 144 Å². The number of thioether (sulfide) groups is 1. The van der Waals surface area contributed by atoms with E-state index in [2.05, 4.69) is 4.90 Å². The van der Waals surface area contributed by atoms with E-state index in [1.54, 1.807) is 6.92 Å². The molecule has 12 nitrogen and oxygen atoms in total. The van der Waals surface area contributed by atoms with Crippen LogP contribution in [0.15, 0.2) is 6.07 Å². The second kappa shape index (κ2) is 10.0. The average molecular weight is 613 g/mol. The highest BCUT2D eigenvalue weighted by Gasteiger charge is 2.60. The summed E-state index contributed by atoms with van der Waals surface area (Å²) in [5.74, 6) is -0.882. The van der Waals surface area contributed by atoms with E-state index in [0.29, 0.717) is 45.9 Å². The number of aromatic hydroxyl groups is 1. The Kier molecular flexibility index (Phi) is 6.58. The standard InChI is InChI=1S/C30H32N2O10S/c1-11-6-14-7-15-29(36)32-16-8-39-30(37)17(34)9-43-28(22(32)21(31(15)4)18(14)23(35)24(11)38-5)20-19(16)27-26(40-10-41-27)12(2)25(20)42-13(3)33/h6,15-16,21-22,28-29,35-36H,7-10H2,1-5H3/t15?,16-,21?,22+,28+,29-/m0/s1. The van der Waals surface area contributed by atoms with E-state index < -0.39 is 47.3 Å². The van der Waals surface area contributed by atoms with Gasteiger partial charge in [0, 0.05) is 35.2 Å². The van der Waals surface area contributed by atoms with Crippen LogP contribution in [0.1, 0.15) is 57.6 Å². The maximum absolute atomic E-state index is 12.9. The predicted octanol–water partition coefficient (Wildman–Crippen LogP) is 2.23. The van der Waals surface area contributed by atoms with Crippen LogP contribution in [0.3, 0.4) is 0 Å². The molecule has 0 radical (unpaired) electrons. The Hall–Kier alpha value is -3.52. The summed E-state index contributed by atoms with van der Waals surface area (Å²) in [6.07, 6.45) is -0.582. The number of nitrogens with zero attached hydrogens (tertiary/aromatic N) is 2. The first kappa shape index (κ1) is 28.3. The number of likely N-dealkylation sites (N-methyl/N-ethyl adjacent to an activating group) is 1. The molecule has 6 atom stereocenters. The highest BCUT2D eigenvalue weighted by atomic mass is 32.2. The molecule has 228 valence electrons. The maximum atomic E-state index is 12.9. The zero-order chi connectivity index (χ0) is 30.5. The third-order valence-corrected chi connectivity index (χ3v) is 10.7. The van der Waals surface area contributed by atoms with E-state index in [9.17, 15) is 24.6 Å². The van der Waals surface area contributed by atoms with Crippen LogP contribution in [0.4, 0.5) is 0 Å². The van der Waals surface area contributed by atoms with Crippen LogP contribution in [-0.4, -0.2) is 89.4 Å². The molecular formula is C30H32N2O10S. The van der Waals surface area contributed by atoms with Gasteiger partial charge < -0.3 is 33.9 Å². The van der Waals surface area contributed by atoms with Gasteiger partial charge in [0.1, 0.15) is 18.6 Å². The van der Waals surface area contributed by atoms with E-state index >= 15 is 0 Å². The number of piperazine rings is 1. The third kappa shape index (κ3) is 3.91. The van der Waals surface area contributed by atoms with Crippen molar-refractivity contribution in [2.75, 3.05) is 33.3 Å². The number of rotatable bonds is 2. The molecule has 43 heavy (non-hydrogen) atoms. The van der Waals surface area contributed by atoms with Crippen molar-refractivity contribution in [2.45, 2.75) is 62.8 Å². The minimum atomic E-state index is -1.03. The summed E-state index contributed by atoms with van der Waals surface area (Å²) in [7, 11) is 3.42. The number of carbonyl (C=O) groups excluding carboxylic acids is 3. The fraction of sp³-hybridized carbons (Fsp3) is 0.500. The number of methoxy groups -OCH3 is 1. The van der Waals surface area contributed by atoms with Crippen LogP contribution in [0.2, 0.25) is 0 Å². The highest BCUT2D eigenvalue weighted by Crippen LogP contribution is 2.63. The molecule has 2 aromatic rings. The average Bonchev–Trinajstić information content (AvgIpc) is 3.45. The molecule has 5 aliphatic heterocycles. The van der Waals surface area contributed by atoms with Gasteiger partial charge in [-0.25, -0.2) is 4.79 Å². The van der Waals surface area contributed by atoms with E-state index in [1.807, 2.05) is 24.9 Å². The molecule has 13 heteroatoms. The number of hydrogen-bond acceptors (Lipinski definition) is 13. The molecule has 7 rings (SSSR count). The fourth-order valence-corrected chi connectivity index (χ4v) is 9.04. The van der Waals surface area contributed by atoms with Crippen LogP contribution in [0, 0.1) is 13.8 Å². The summed E-state index contributed by atoms with van der Waals surface area (Å²) < 4.78 is 28.9. The Labute approximate surface area is 251 Å². The molecule has 5 heterocycles. The lowest BCUT2D eigenvalue weighted by molar-refractivity contribution is -0.184. The summed E-state index contributed by atoms with van der Waals surface area (Å²) >= 11 is 1.21. The molecule has 0 amide bonds. The Morgan fingerprint density at radius 3 is 2.56 bits per heavy atom. The number of phenolic OH excluding ortho intramolecular Hbond substituents is 1. The van der Waals surface area contributed by atoms with Crippen molar-refractivity contribution in [3.63, 3.8) is 0 Å². The number of benzene rings is 2. The predicted molar refractivity (Wildman–Crippen MR) is 152 cm³/mol. The number of aliphatic hydroxyl groups is 1. The fourth-order valence-electron chi connectivity index (χ4n) is 7.71. The number of carbonyl (C=O) groups is 3. The number of fused-ring (bicyclic) bond motifs is 9. The van der Waals surface area contributed by atoms with Gasteiger partial charge in [0.25, 0.3) is 0 Å². The number of Topliss-reactive ketones (excluding diaryl/α,β-unsaturated/α-hetero) is 1. The number of aliphatic hydroxyl groups excluding tert-OH is 1. The zero-order valence-corrected chi connectivity index (χ0v) is 25.1. The number of esters is 2. The number of ketones is 1. The monoisotopic (exact) mass is 612 g/mol. The summed E-state index contributed by atoms with van der Waals surface area (Å²) in [6, 6.07) is -0.238. The van der Waals surface area contributed by atoms with Gasteiger partial charge in [-0.15, -0.1) is 11.8 Å². The number of hydrogen-bond donors (Lipinski definition) is 2. The van der Waals surface area contributed by atoms with Gasteiger partial charge >= 0.3 is 11.9 Å². The second-order valence-corrected chi connectivity index (χ2v) is 12.7. The van der Waals surface area contributed by atoms with Crippen molar-refractivity contribution >= 4 is 29.5 Å². The first-order chi connectivity index (χ1) is 20.5. The maximum Gasteiger partial charge on any atom is 0.375 e. The molecule has 4 bridgehead atoms. The van der Waals surface area contributed by atoms with Crippen molar-refractivity contribution < 1.29 is 48.3 Å². The Balaban J connectivity index is 1.55. The molecule has 2 aromatic carbocycles. The first-order valence-corrected chi connectivity index (χ1v) is 15.1. The zero-order valence-electron chi connectivity index (χ0n) is 24.3. The van der Waals surface area contributed by atoms with Gasteiger partial charge in [-0.1, -0.05) is 6.07 Å². The molecule has 0 aliphatic carbocycles. The van der Waals surface area contributed by atoms with Gasteiger partial charge in [0.05, 0.1) is 36.2 Å². The number of cyclic esters (lactones) is 1. The highest BCUT2D eigenvalue weighted by molar-refractivity contribution is 8.00. The molecular weight excluding hydrogens is 580 g/mol. The van der Waals surface area contributed by atoms with Gasteiger partial charge in [0.15, 0.2) is 23.0 Å². The lowest BCUT2D eigenvalue weighted by atomic mass is 9.73. The summed E-state index contributed by atoms with van der Waals surface area (Å²) in [4.78, 5) is 42.0. The lowest BCUT2D eigenvalue weighted by Gasteiger charge is -2.61. The largest absolute Gasteiger partial charge is 0.504 e.